The van der Waals surface area contributed by atoms with E-state index in [0.717, 1.165) is 33.8 Å². The summed E-state index contributed by atoms with van der Waals surface area (Å²) >= 11 is 0. The van der Waals surface area contributed by atoms with Crippen molar-refractivity contribution in [2.45, 2.75) is 6.54 Å². The summed E-state index contributed by atoms with van der Waals surface area (Å²) in [6, 6.07) is 13.9. The van der Waals surface area contributed by atoms with Crippen LogP contribution in [0.4, 0.5) is 11.8 Å². The van der Waals surface area contributed by atoms with Gasteiger partial charge in [-0.15, -0.1) is 0 Å². The predicted molar refractivity (Wildman–Crippen MR) is 93.8 cm³/mol. The minimum Gasteiger partial charge on any atom is -0.454 e. The highest BCUT2D eigenvalue weighted by Crippen LogP contribution is 2.32. The molecule has 6 heteroatoms. The van der Waals surface area contributed by atoms with E-state index >= 15 is 0 Å². The zero-order valence-corrected chi connectivity index (χ0v) is 13.6. The number of anilines is 2. The molecule has 122 valence electrons. The van der Waals surface area contributed by atoms with E-state index in [1.54, 1.807) is 0 Å². The molecule has 3 aromatic rings. The number of rotatable bonds is 4. The van der Waals surface area contributed by atoms with Crippen molar-refractivity contribution in [1.82, 2.24) is 9.97 Å². The summed E-state index contributed by atoms with van der Waals surface area (Å²) in [7, 11) is 3.97. The Morgan fingerprint density at radius 1 is 1.04 bits per heavy atom. The number of hydrogen-bond donors (Lipinski definition) is 1. The summed E-state index contributed by atoms with van der Waals surface area (Å²) in [5.74, 6) is 3.07. The highest BCUT2D eigenvalue weighted by atomic mass is 16.7. The zero-order valence-electron chi connectivity index (χ0n) is 13.6. The molecule has 0 aliphatic carbocycles. The van der Waals surface area contributed by atoms with Crippen molar-refractivity contribution in [2.75, 3.05) is 31.1 Å². The van der Waals surface area contributed by atoms with Crippen LogP contribution in [-0.2, 0) is 6.54 Å². The third kappa shape index (κ3) is 2.67. The molecule has 1 aliphatic heterocycles. The minimum atomic E-state index is 0.284. The number of nitrogens with one attached hydrogen (secondary N) is 1. The Morgan fingerprint density at radius 3 is 2.75 bits per heavy atom. The second-order valence-electron chi connectivity index (χ2n) is 5.82. The lowest BCUT2D eigenvalue weighted by atomic mass is 10.2. The van der Waals surface area contributed by atoms with Gasteiger partial charge in [-0.3, -0.25) is 0 Å². The van der Waals surface area contributed by atoms with E-state index in [-0.39, 0.29) is 6.79 Å². The lowest BCUT2D eigenvalue weighted by Crippen LogP contribution is -2.13. The van der Waals surface area contributed by atoms with Gasteiger partial charge in [-0.25, -0.2) is 4.98 Å². The molecule has 1 N–H and O–H groups in total. The SMILES string of the molecule is CN(C)c1nc(NCc2ccc3c(c2)OCO3)nc2ccccc12. The summed E-state index contributed by atoms with van der Waals surface area (Å²) in [6.45, 7) is 0.897. The largest absolute Gasteiger partial charge is 0.454 e. The van der Waals surface area contributed by atoms with Gasteiger partial charge in [0.1, 0.15) is 5.82 Å². The molecule has 24 heavy (non-hydrogen) atoms. The maximum atomic E-state index is 5.41. The van der Waals surface area contributed by atoms with Crippen LogP contribution >= 0.6 is 0 Å². The van der Waals surface area contributed by atoms with Gasteiger partial charge in [0.15, 0.2) is 11.5 Å². The number of fused-ring (bicyclic) bond motifs is 2. The average molecular weight is 322 g/mol. The van der Waals surface area contributed by atoms with Crippen LogP contribution in [0, 0.1) is 0 Å². The number of hydrogen-bond acceptors (Lipinski definition) is 6. The number of nitrogens with zero attached hydrogens (tertiary/aromatic N) is 3. The molecule has 0 radical (unpaired) electrons. The number of para-hydroxylation sites is 1. The Morgan fingerprint density at radius 2 is 1.88 bits per heavy atom. The summed E-state index contributed by atoms with van der Waals surface area (Å²) < 4.78 is 10.7. The van der Waals surface area contributed by atoms with E-state index in [4.69, 9.17) is 9.47 Å². The van der Waals surface area contributed by atoms with Crippen LogP contribution in [0.15, 0.2) is 42.5 Å². The molecule has 6 nitrogen and oxygen atoms in total. The van der Waals surface area contributed by atoms with Crippen LogP contribution in [0.3, 0.4) is 0 Å². The first-order valence-corrected chi connectivity index (χ1v) is 7.77. The molecule has 0 saturated heterocycles. The summed E-state index contributed by atoms with van der Waals surface area (Å²) in [5, 5.41) is 4.33. The standard InChI is InChI=1S/C18H18N4O2/c1-22(2)17-13-5-3-4-6-14(13)20-18(21-17)19-10-12-7-8-15-16(9-12)24-11-23-15/h3-9H,10-11H2,1-2H3,(H,19,20,21). The van der Waals surface area contributed by atoms with Gasteiger partial charge in [0, 0.05) is 26.0 Å². The second-order valence-corrected chi connectivity index (χ2v) is 5.82. The van der Waals surface area contributed by atoms with Crippen LogP contribution < -0.4 is 19.7 Å². The van der Waals surface area contributed by atoms with Crippen molar-refractivity contribution >= 4 is 22.7 Å². The molecule has 1 aliphatic rings. The molecule has 1 aromatic heterocycles. The first kappa shape index (κ1) is 14.6. The number of benzene rings is 2. The molecule has 2 aromatic carbocycles. The first-order chi connectivity index (χ1) is 11.7. The lowest BCUT2D eigenvalue weighted by molar-refractivity contribution is 0.174. The van der Waals surface area contributed by atoms with E-state index in [1.807, 2.05) is 61.5 Å². The van der Waals surface area contributed by atoms with Gasteiger partial charge in [0.05, 0.1) is 5.52 Å². The summed E-state index contributed by atoms with van der Waals surface area (Å²) in [4.78, 5) is 11.2. The monoisotopic (exact) mass is 322 g/mol. The summed E-state index contributed by atoms with van der Waals surface area (Å²) in [6.07, 6.45) is 0. The Kier molecular flexibility index (Phi) is 3.57. The van der Waals surface area contributed by atoms with Crippen LogP contribution in [0.25, 0.3) is 10.9 Å². The van der Waals surface area contributed by atoms with E-state index < -0.39 is 0 Å². The van der Waals surface area contributed by atoms with Gasteiger partial charge in [0.2, 0.25) is 12.7 Å². The van der Waals surface area contributed by atoms with Gasteiger partial charge in [-0.1, -0.05) is 18.2 Å². The molecule has 0 amide bonds. The van der Waals surface area contributed by atoms with E-state index in [0.29, 0.717) is 12.5 Å². The topological polar surface area (TPSA) is 59.5 Å². The molecule has 4 rings (SSSR count). The molecular formula is C18H18N4O2. The maximum absolute atomic E-state index is 5.41. The normalized spacial score (nSPS) is 12.4. The van der Waals surface area contributed by atoms with Crippen LogP contribution in [0.5, 0.6) is 11.5 Å². The molecular weight excluding hydrogens is 304 g/mol. The van der Waals surface area contributed by atoms with Crippen molar-refractivity contribution in [3.05, 3.63) is 48.0 Å². The Balaban J connectivity index is 1.60. The molecule has 0 unspecified atom stereocenters. The van der Waals surface area contributed by atoms with Crippen LogP contribution in [-0.4, -0.2) is 30.9 Å². The fraction of sp³-hybridized carbons (Fsp3) is 0.222. The van der Waals surface area contributed by atoms with Gasteiger partial charge >= 0.3 is 0 Å². The third-order valence-electron chi connectivity index (χ3n) is 3.89. The first-order valence-electron chi connectivity index (χ1n) is 7.77. The molecule has 0 spiro atoms. The molecule has 0 bridgehead atoms. The van der Waals surface area contributed by atoms with Crippen molar-refractivity contribution in [3.63, 3.8) is 0 Å². The van der Waals surface area contributed by atoms with Crippen molar-refractivity contribution < 1.29 is 9.47 Å². The number of aromatic nitrogens is 2. The van der Waals surface area contributed by atoms with Gasteiger partial charge in [-0.2, -0.15) is 4.98 Å². The average Bonchev–Trinajstić information content (AvgIpc) is 3.06. The smallest absolute Gasteiger partial charge is 0.231 e. The highest BCUT2D eigenvalue weighted by Gasteiger charge is 2.13. The quantitative estimate of drug-likeness (QED) is 0.797. The fourth-order valence-corrected chi connectivity index (χ4v) is 2.71. The molecule has 0 fully saturated rings. The zero-order chi connectivity index (χ0) is 16.5. The van der Waals surface area contributed by atoms with Crippen molar-refractivity contribution in [1.29, 1.82) is 0 Å². The third-order valence-corrected chi connectivity index (χ3v) is 3.89. The van der Waals surface area contributed by atoms with Gasteiger partial charge in [0.25, 0.3) is 0 Å². The molecule has 0 saturated carbocycles. The molecule has 2 heterocycles. The van der Waals surface area contributed by atoms with Gasteiger partial charge < -0.3 is 19.7 Å². The van der Waals surface area contributed by atoms with E-state index in [9.17, 15) is 0 Å². The fourth-order valence-electron chi connectivity index (χ4n) is 2.71. The van der Waals surface area contributed by atoms with Crippen LogP contribution in [0.1, 0.15) is 5.56 Å². The Bertz CT molecular complexity index is 895. The minimum absolute atomic E-state index is 0.284. The van der Waals surface area contributed by atoms with Crippen LogP contribution in [0.2, 0.25) is 0 Å². The van der Waals surface area contributed by atoms with Gasteiger partial charge in [-0.05, 0) is 29.8 Å². The number of ether oxygens (including phenoxy) is 2. The predicted octanol–water partition coefficient (Wildman–Crippen LogP) is 3.04. The highest BCUT2D eigenvalue weighted by molar-refractivity contribution is 5.90. The second kappa shape index (κ2) is 5.88. The van der Waals surface area contributed by atoms with E-state index in [2.05, 4.69) is 15.3 Å². The van der Waals surface area contributed by atoms with E-state index in [1.165, 1.54) is 0 Å². The maximum Gasteiger partial charge on any atom is 0.231 e. The Labute approximate surface area is 140 Å². The lowest BCUT2D eigenvalue weighted by Gasteiger charge is -2.16. The van der Waals surface area contributed by atoms with Crippen molar-refractivity contribution in [2.24, 2.45) is 0 Å². The Hall–Kier alpha value is -3.02. The molecule has 0 atom stereocenters. The van der Waals surface area contributed by atoms with Crippen molar-refractivity contribution in [3.8, 4) is 11.5 Å². The summed E-state index contributed by atoms with van der Waals surface area (Å²) in [5.41, 5.74) is 2.01.